The molecule has 0 unspecified atom stereocenters. The lowest BCUT2D eigenvalue weighted by Crippen LogP contribution is -2.49. The molecule has 0 radical (unpaired) electrons. The van der Waals surface area contributed by atoms with Gasteiger partial charge in [0.2, 0.25) is 0 Å². The minimum Gasteiger partial charge on any atom is -0.483 e. The summed E-state index contributed by atoms with van der Waals surface area (Å²) in [5, 5.41) is 0. The molecule has 152 valence electrons. The molecule has 0 saturated carbocycles. The first-order chi connectivity index (χ1) is 14.5. The molecule has 3 aromatic rings. The maximum atomic E-state index is 12.9. The van der Waals surface area contributed by atoms with E-state index in [2.05, 4.69) is 10.9 Å². The average molecular weight is 420 g/mol. The topological polar surface area (TPSA) is 70.7 Å². The number of anilines is 2. The fourth-order valence-electron chi connectivity index (χ4n) is 3.24. The van der Waals surface area contributed by atoms with Crippen LogP contribution >= 0.6 is 11.8 Å². The average Bonchev–Trinajstić information content (AvgIpc) is 2.75. The molecule has 3 aromatic carbocycles. The third-order valence-electron chi connectivity index (χ3n) is 4.63. The molecule has 1 heterocycles. The second-order valence-electron chi connectivity index (χ2n) is 6.91. The van der Waals surface area contributed by atoms with Gasteiger partial charge in [-0.05, 0) is 49.7 Å². The van der Waals surface area contributed by atoms with Gasteiger partial charge in [0, 0.05) is 9.79 Å². The lowest BCUT2D eigenvalue weighted by atomic mass is 10.1. The summed E-state index contributed by atoms with van der Waals surface area (Å²) in [5.74, 6) is 0.189. The predicted octanol–water partition coefficient (Wildman–Crippen LogP) is 4.73. The fraction of sp³-hybridized carbons (Fsp3) is 0.130. The summed E-state index contributed by atoms with van der Waals surface area (Å²) >= 11 is 1.61. The SMILES string of the molecule is Cc1ccc(OCC(=O)NNC(=O)N2c3ccccc3Sc3ccccc32)c(C)c1. The molecule has 7 heteroatoms. The van der Waals surface area contributed by atoms with Crippen LogP contribution in [0.25, 0.3) is 0 Å². The number of amides is 3. The van der Waals surface area contributed by atoms with Crippen LogP contribution in [0.3, 0.4) is 0 Å². The van der Waals surface area contributed by atoms with Crippen LogP contribution in [0.5, 0.6) is 5.75 Å². The van der Waals surface area contributed by atoms with Gasteiger partial charge in [-0.2, -0.15) is 0 Å². The zero-order chi connectivity index (χ0) is 21.1. The van der Waals surface area contributed by atoms with Gasteiger partial charge in [-0.25, -0.2) is 10.2 Å². The summed E-state index contributed by atoms with van der Waals surface area (Å²) in [5.41, 5.74) is 8.52. The Labute approximate surface area is 179 Å². The number of ether oxygens (including phenoxy) is 1. The van der Waals surface area contributed by atoms with E-state index in [1.165, 1.54) is 0 Å². The highest BCUT2D eigenvalue weighted by molar-refractivity contribution is 7.99. The molecule has 0 aromatic heterocycles. The number of fused-ring (bicyclic) bond motifs is 2. The van der Waals surface area contributed by atoms with E-state index in [1.807, 2.05) is 80.6 Å². The van der Waals surface area contributed by atoms with Crippen molar-refractivity contribution in [3.63, 3.8) is 0 Å². The van der Waals surface area contributed by atoms with E-state index in [0.29, 0.717) is 5.75 Å². The predicted molar refractivity (Wildman–Crippen MR) is 117 cm³/mol. The molecule has 0 aliphatic carbocycles. The van der Waals surface area contributed by atoms with Crippen molar-refractivity contribution in [2.75, 3.05) is 11.5 Å². The number of urea groups is 1. The van der Waals surface area contributed by atoms with Gasteiger partial charge in [-0.3, -0.25) is 15.1 Å². The van der Waals surface area contributed by atoms with Crippen molar-refractivity contribution in [3.05, 3.63) is 77.9 Å². The first-order valence-corrected chi connectivity index (χ1v) is 10.3. The minimum absolute atomic E-state index is 0.201. The fourth-order valence-corrected chi connectivity index (χ4v) is 4.30. The normalized spacial score (nSPS) is 11.9. The molecule has 2 N–H and O–H groups in total. The van der Waals surface area contributed by atoms with Crippen molar-refractivity contribution in [1.29, 1.82) is 0 Å². The van der Waals surface area contributed by atoms with Gasteiger partial charge in [0.05, 0.1) is 11.4 Å². The standard InChI is InChI=1S/C23H21N3O3S/c1-15-11-12-19(16(2)13-15)29-14-22(27)24-25-23(28)26-17-7-3-5-9-20(17)30-21-10-6-4-8-18(21)26/h3-13H,14H2,1-2H3,(H,24,27)(H,25,28). The second-order valence-corrected chi connectivity index (χ2v) is 7.99. The number of rotatable bonds is 3. The third kappa shape index (κ3) is 4.11. The first kappa shape index (κ1) is 19.8. The molecule has 0 fully saturated rings. The molecular formula is C23H21N3O3S. The summed E-state index contributed by atoms with van der Waals surface area (Å²) in [7, 11) is 0. The summed E-state index contributed by atoms with van der Waals surface area (Å²) in [6.45, 7) is 3.72. The molecule has 1 aliphatic heterocycles. The number of hydrogen-bond donors (Lipinski definition) is 2. The van der Waals surface area contributed by atoms with E-state index in [1.54, 1.807) is 16.7 Å². The molecular weight excluding hydrogens is 398 g/mol. The van der Waals surface area contributed by atoms with Crippen LogP contribution in [-0.4, -0.2) is 18.5 Å². The zero-order valence-corrected chi connectivity index (χ0v) is 17.5. The summed E-state index contributed by atoms with van der Waals surface area (Å²) in [6, 6.07) is 20.6. The number of nitrogens with one attached hydrogen (secondary N) is 2. The number of carbonyl (C=O) groups is 2. The van der Waals surface area contributed by atoms with Crippen molar-refractivity contribution in [2.24, 2.45) is 0 Å². The largest absolute Gasteiger partial charge is 0.483 e. The van der Waals surface area contributed by atoms with Gasteiger partial charge in [0.1, 0.15) is 5.75 Å². The van der Waals surface area contributed by atoms with E-state index >= 15 is 0 Å². The van der Waals surface area contributed by atoms with Gasteiger partial charge in [0.15, 0.2) is 6.61 Å². The number of hydrazine groups is 1. The van der Waals surface area contributed by atoms with E-state index < -0.39 is 11.9 Å². The quantitative estimate of drug-likeness (QED) is 0.603. The monoisotopic (exact) mass is 419 g/mol. The number of para-hydroxylation sites is 2. The van der Waals surface area contributed by atoms with Crippen LogP contribution in [0.15, 0.2) is 76.5 Å². The Kier molecular flexibility index (Phi) is 5.63. The van der Waals surface area contributed by atoms with Gasteiger partial charge < -0.3 is 4.74 Å². The van der Waals surface area contributed by atoms with Crippen LogP contribution in [0, 0.1) is 13.8 Å². The molecule has 1 aliphatic rings. The first-order valence-electron chi connectivity index (χ1n) is 9.48. The Bertz CT molecular complexity index is 1070. The zero-order valence-electron chi connectivity index (χ0n) is 16.6. The van der Waals surface area contributed by atoms with Crippen LogP contribution in [0.2, 0.25) is 0 Å². The van der Waals surface area contributed by atoms with E-state index in [0.717, 1.165) is 32.3 Å². The Morgan fingerprint density at radius 3 is 2.17 bits per heavy atom. The molecule has 0 saturated heterocycles. The van der Waals surface area contributed by atoms with Crippen LogP contribution in [-0.2, 0) is 4.79 Å². The maximum Gasteiger partial charge on any atom is 0.345 e. The highest BCUT2D eigenvalue weighted by Gasteiger charge is 2.28. The highest BCUT2D eigenvalue weighted by atomic mass is 32.2. The highest BCUT2D eigenvalue weighted by Crippen LogP contribution is 2.47. The van der Waals surface area contributed by atoms with Crippen LogP contribution in [0.4, 0.5) is 16.2 Å². The van der Waals surface area contributed by atoms with Crippen molar-refractivity contribution in [2.45, 2.75) is 23.6 Å². The van der Waals surface area contributed by atoms with Crippen molar-refractivity contribution < 1.29 is 14.3 Å². The second kappa shape index (κ2) is 8.51. The summed E-state index contributed by atoms with van der Waals surface area (Å²) < 4.78 is 5.56. The molecule has 6 nitrogen and oxygen atoms in total. The molecule has 0 atom stereocenters. The molecule has 4 rings (SSSR count). The lowest BCUT2D eigenvalue weighted by molar-refractivity contribution is -0.123. The number of nitrogens with zero attached hydrogens (tertiary/aromatic N) is 1. The third-order valence-corrected chi connectivity index (χ3v) is 5.76. The summed E-state index contributed by atoms with van der Waals surface area (Å²) in [4.78, 5) is 28.6. The number of carbonyl (C=O) groups excluding carboxylic acids is 2. The number of hydrogen-bond acceptors (Lipinski definition) is 4. The molecule has 3 amide bonds. The molecule has 30 heavy (non-hydrogen) atoms. The van der Waals surface area contributed by atoms with Crippen molar-refractivity contribution in [3.8, 4) is 5.75 Å². The number of benzene rings is 3. The number of aryl methyl sites for hydroxylation is 2. The molecule has 0 spiro atoms. The van der Waals surface area contributed by atoms with Gasteiger partial charge in [0.25, 0.3) is 5.91 Å². The van der Waals surface area contributed by atoms with E-state index in [4.69, 9.17) is 4.74 Å². The van der Waals surface area contributed by atoms with E-state index in [-0.39, 0.29) is 6.61 Å². The van der Waals surface area contributed by atoms with Crippen LogP contribution < -0.4 is 20.5 Å². The van der Waals surface area contributed by atoms with Gasteiger partial charge in [-0.15, -0.1) is 0 Å². The minimum atomic E-state index is -0.449. The Morgan fingerprint density at radius 2 is 1.53 bits per heavy atom. The Morgan fingerprint density at radius 1 is 0.900 bits per heavy atom. The maximum absolute atomic E-state index is 12.9. The Hall–Kier alpha value is -3.45. The van der Waals surface area contributed by atoms with Crippen LogP contribution in [0.1, 0.15) is 11.1 Å². The lowest BCUT2D eigenvalue weighted by Gasteiger charge is -2.30. The summed E-state index contributed by atoms with van der Waals surface area (Å²) in [6.07, 6.45) is 0. The van der Waals surface area contributed by atoms with Gasteiger partial charge >= 0.3 is 6.03 Å². The van der Waals surface area contributed by atoms with Crippen molar-refractivity contribution >= 4 is 35.1 Å². The molecule has 0 bridgehead atoms. The van der Waals surface area contributed by atoms with Gasteiger partial charge in [-0.1, -0.05) is 53.7 Å². The van der Waals surface area contributed by atoms with E-state index in [9.17, 15) is 9.59 Å². The Balaban J connectivity index is 1.42. The van der Waals surface area contributed by atoms with Crippen molar-refractivity contribution in [1.82, 2.24) is 10.9 Å². The smallest absolute Gasteiger partial charge is 0.345 e.